The molecule has 0 bridgehead atoms. The highest BCUT2D eigenvalue weighted by Crippen LogP contribution is 2.25. The average Bonchev–Trinajstić information content (AvgIpc) is 2.83. The van der Waals surface area contributed by atoms with Crippen LogP contribution >= 0.6 is 15.9 Å². The molecule has 0 amide bonds. The number of hydrogen-bond donors (Lipinski definition) is 5. The second kappa shape index (κ2) is 9.49. The van der Waals surface area contributed by atoms with Crippen LogP contribution < -0.4 is 0 Å². The third-order valence-corrected chi connectivity index (χ3v) is 7.77. The van der Waals surface area contributed by atoms with Crippen LogP contribution in [0.4, 0.5) is 0 Å². The van der Waals surface area contributed by atoms with E-state index in [1.54, 1.807) is 0 Å². The highest BCUT2D eigenvalue weighted by atomic mass is 79.9. The maximum Gasteiger partial charge on any atom is 0.169 e. The molecule has 6 atom stereocenters. The Bertz CT molecular complexity index is 519. The van der Waals surface area contributed by atoms with Gasteiger partial charge in [0, 0.05) is 15.4 Å². The molecule has 1 aromatic carbocycles. The van der Waals surface area contributed by atoms with E-state index >= 15 is 0 Å². The van der Waals surface area contributed by atoms with Gasteiger partial charge in [-0.3, -0.25) is 0 Å². The Morgan fingerprint density at radius 3 is 2.58 bits per heavy atom. The largest absolute Gasteiger partial charge is 0.394 e. The molecule has 1 heterocycles. The van der Waals surface area contributed by atoms with Crippen LogP contribution in [0.3, 0.4) is 0 Å². The lowest BCUT2D eigenvalue weighted by Crippen LogP contribution is -2.42. The van der Waals surface area contributed by atoms with Gasteiger partial charge in [0.1, 0.15) is 35.9 Å². The summed E-state index contributed by atoms with van der Waals surface area (Å²) in [4.78, 5) is 0. The maximum atomic E-state index is 10.4. The Labute approximate surface area is 152 Å². The van der Waals surface area contributed by atoms with Gasteiger partial charge in [-0.25, -0.2) is 0 Å². The summed E-state index contributed by atoms with van der Waals surface area (Å²) in [6.45, 7) is -0.334. The predicted octanol–water partition coefficient (Wildman–Crippen LogP) is -0.598. The van der Waals surface area contributed by atoms with Crippen LogP contribution in [0.15, 0.2) is 28.7 Å². The first-order chi connectivity index (χ1) is 11.5. The number of hydrogen-bond acceptors (Lipinski definition) is 6. The first-order valence-corrected chi connectivity index (χ1v) is 10.2. The van der Waals surface area contributed by atoms with Gasteiger partial charge in [-0.2, -0.15) is 0 Å². The van der Waals surface area contributed by atoms with E-state index in [9.17, 15) is 25.5 Å². The van der Waals surface area contributed by atoms with Crippen LogP contribution in [-0.2, 0) is 22.2 Å². The molecule has 0 spiro atoms. The van der Waals surface area contributed by atoms with Crippen LogP contribution in [0.2, 0.25) is 0 Å². The van der Waals surface area contributed by atoms with E-state index in [1.165, 1.54) is 0 Å². The minimum atomic E-state index is -0.973. The average molecular weight is 424 g/mol. The molecule has 1 fully saturated rings. The molecule has 8 heteroatoms. The van der Waals surface area contributed by atoms with E-state index in [-0.39, 0.29) is 25.6 Å². The standard InChI is InChI=1S/C16H24BrO6S/c17-11-4-2-1-3-10(11)7-23-14(5-18)12(20)8-24-9-13(21)16(22)15(24)6-19/h1-4,12-16,18-22H,5-9H2/q+1/t12?,13-,14+,15-,16+,24?/m1/s1. The number of halogens is 1. The van der Waals surface area contributed by atoms with Crippen molar-refractivity contribution in [2.24, 2.45) is 0 Å². The first-order valence-electron chi connectivity index (χ1n) is 7.75. The molecule has 0 aliphatic carbocycles. The van der Waals surface area contributed by atoms with E-state index in [0.717, 1.165) is 10.0 Å². The van der Waals surface area contributed by atoms with Gasteiger partial charge in [0.2, 0.25) is 0 Å². The van der Waals surface area contributed by atoms with E-state index in [2.05, 4.69) is 15.9 Å². The Balaban J connectivity index is 1.91. The van der Waals surface area contributed by atoms with Gasteiger partial charge in [-0.15, -0.1) is 0 Å². The van der Waals surface area contributed by atoms with Crippen molar-refractivity contribution in [3.05, 3.63) is 34.3 Å². The van der Waals surface area contributed by atoms with Crippen molar-refractivity contribution in [2.45, 2.75) is 36.3 Å². The summed E-state index contributed by atoms with van der Waals surface area (Å²) in [6.07, 6.45) is -3.56. The topological polar surface area (TPSA) is 110 Å². The summed E-state index contributed by atoms with van der Waals surface area (Å²) in [5, 5.41) is 48.4. The molecule has 0 saturated carbocycles. The van der Waals surface area contributed by atoms with Crippen LogP contribution in [0.1, 0.15) is 5.56 Å². The molecule has 1 aliphatic heterocycles. The SMILES string of the molecule is OC[C@H](OCc1ccccc1Br)C(O)C[S+]1C[C@@H](O)[C@H](O)[C@H]1CO. The first kappa shape index (κ1) is 20.1. The lowest BCUT2D eigenvalue weighted by atomic mass is 10.2. The Hall–Kier alpha value is -0.190. The minimum Gasteiger partial charge on any atom is -0.394 e. The second-order valence-electron chi connectivity index (χ2n) is 5.84. The molecule has 6 nitrogen and oxygen atoms in total. The highest BCUT2D eigenvalue weighted by molar-refractivity contribution is 9.10. The zero-order valence-corrected chi connectivity index (χ0v) is 15.6. The van der Waals surface area contributed by atoms with Gasteiger partial charge in [0.15, 0.2) is 5.25 Å². The van der Waals surface area contributed by atoms with Gasteiger partial charge in [-0.05, 0) is 11.6 Å². The van der Waals surface area contributed by atoms with Gasteiger partial charge in [-0.1, -0.05) is 34.1 Å². The summed E-state index contributed by atoms with van der Waals surface area (Å²) in [6, 6.07) is 7.54. The zero-order chi connectivity index (χ0) is 17.7. The fraction of sp³-hybridized carbons (Fsp3) is 0.625. The number of ether oxygens (including phenoxy) is 1. The molecule has 0 aromatic heterocycles. The molecular formula is C16H24BrO6S+. The Morgan fingerprint density at radius 2 is 1.96 bits per heavy atom. The third-order valence-electron chi connectivity index (χ3n) is 4.17. The highest BCUT2D eigenvalue weighted by Gasteiger charge is 2.50. The molecule has 1 aromatic rings. The molecule has 5 N–H and O–H groups in total. The Kier molecular flexibility index (Phi) is 7.96. The van der Waals surface area contributed by atoms with Crippen molar-refractivity contribution in [3.63, 3.8) is 0 Å². The third kappa shape index (κ3) is 4.92. The van der Waals surface area contributed by atoms with Crippen LogP contribution in [-0.4, -0.2) is 79.9 Å². The second-order valence-corrected chi connectivity index (χ2v) is 9.04. The molecular weight excluding hydrogens is 400 g/mol. The number of rotatable bonds is 8. The van der Waals surface area contributed by atoms with Crippen molar-refractivity contribution in [2.75, 3.05) is 24.7 Å². The van der Waals surface area contributed by atoms with Crippen molar-refractivity contribution >= 4 is 26.8 Å². The monoisotopic (exact) mass is 423 g/mol. The van der Waals surface area contributed by atoms with E-state index in [4.69, 9.17) is 4.74 Å². The van der Waals surface area contributed by atoms with Gasteiger partial charge < -0.3 is 30.3 Å². The Morgan fingerprint density at radius 1 is 1.25 bits per heavy atom. The summed E-state index contributed by atoms with van der Waals surface area (Å²) in [5.74, 6) is 0.604. The van der Waals surface area contributed by atoms with Crippen molar-refractivity contribution in [1.82, 2.24) is 0 Å². The summed E-state index contributed by atoms with van der Waals surface area (Å²) < 4.78 is 6.53. The van der Waals surface area contributed by atoms with E-state index < -0.39 is 40.6 Å². The summed E-state index contributed by atoms with van der Waals surface area (Å²) in [7, 11) is -0.530. The normalized spacial score (nSPS) is 29.6. The van der Waals surface area contributed by atoms with Gasteiger partial charge in [0.25, 0.3) is 0 Å². The van der Waals surface area contributed by atoms with Crippen LogP contribution in [0.5, 0.6) is 0 Å². The predicted molar refractivity (Wildman–Crippen MR) is 95.8 cm³/mol. The summed E-state index contributed by atoms with van der Waals surface area (Å²) >= 11 is 3.42. The van der Waals surface area contributed by atoms with Crippen LogP contribution in [0, 0.1) is 0 Å². The quantitative estimate of drug-likeness (QED) is 0.357. The lowest BCUT2D eigenvalue weighted by Gasteiger charge is -2.22. The number of aliphatic hydroxyl groups excluding tert-OH is 5. The van der Waals surface area contributed by atoms with Gasteiger partial charge in [0.05, 0.1) is 19.8 Å². The molecule has 1 aliphatic rings. The molecule has 1 saturated heterocycles. The fourth-order valence-corrected chi connectivity index (χ4v) is 5.82. The van der Waals surface area contributed by atoms with Crippen molar-refractivity contribution in [1.29, 1.82) is 0 Å². The maximum absolute atomic E-state index is 10.4. The van der Waals surface area contributed by atoms with Crippen LogP contribution in [0.25, 0.3) is 0 Å². The molecule has 136 valence electrons. The fourth-order valence-electron chi connectivity index (χ4n) is 2.72. The van der Waals surface area contributed by atoms with Gasteiger partial charge >= 0.3 is 0 Å². The van der Waals surface area contributed by atoms with Crippen molar-refractivity contribution < 1.29 is 30.3 Å². The van der Waals surface area contributed by atoms with E-state index in [0.29, 0.717) is 5.75 Å². The number of benzene rings is 1. The molecule has 0 radical (unpaired) electrons. The molecule has 2 rings (SSSR count). The van der Waals surface area contributed by atoms with E-state index in [1.807, 2.05) is 24.3 Å². The zero-order valence-electron chi connectivity index (χ0n) is 13.2. The molecule has 2 unspecified atom stereocenters. The van der Waals surface area contributed by atoms with Crippen molar-refractivity contribution in [3.8, 4) is 0 Å². The summed E-state index contributed by atoms with van der Waals surface area (Å²) in [5.41, 5.74) is 0.908. The minimum absolute atomic E-state index is 0.240. The smallest absolute Gasteiger partial charge is 0.169 e. The number of aliphatic hydroxyl groups is 5. The molecule has 24 heavy (non-hydrogen) atoms. The lowest BCUT2D eigenvalue weighted by molar-refractivity contribution is -0.0625.